The Morgan fingerprint density at radius 3 is 2.59 bits per heavy atom. The lowest BCUT2D eigenvalue weighted by Crippen LogP contribution is -2.18. The molecular formula is C16H27NO5. The van der Waals surface area contributed by atoms with Crippen molar-refractivity contribution in [1.82, 2.24) is 4.90 Å². The number of nitrogens with zero attached hydrogens (tertiary/aromatic N) is 1. The molecule has 22 heavy (non-hydrogen) atoms. The van der Waals surface area contributed by atoms with Gasteiger partial charge in [-0.05, 0) is 26.7 Å². The molecule has 0 spiro atoms. The van der Waals surface area contributed by atoms with Crippen LogP contribution in [0.5, 0.6) is 0 Å². The van der Waals surface area contributed by atoms with Gasteiger partial charge in [0.05, 0.1) is 6.61 Å². The summed E-state index contributed by atoms with van der Waals surface area (Å²) in [7, 11) is 1.85. The van der Waals surface area contributed by atoms with Crippen molar-refractivity contribution >= 4 is 11.9 Å². The van der Waals surface area contributed by atoms with E-state index in [4.69, 9.17) is 14.6 Å². The molecule has 1 unspecified atom stereocenters. The van der Waals surface area contributed by atoms with Gasteiger partial charge in [0, 0.05) is 45.0 Å². The molecule has 0 rings (SSSR count). The van der Waals surface area contributed by atoms with Crippen LogP contribution in [0.1, 0.15) is 33.1 Å². The second-order valence-corrected chi connectivity index (χ2v) is 4.93. The zero-order valence-electron chi connectivity index (χ0n) is 13.7. The van der Waals surface area contributed by atoms with Crippen molar-refractivity contribution in [1.29, 1.82) is 0 Å². The minimum atomic E-state index is -0.429. The molecule has 0 bridgehead atoms. The highest BCUT2D eigenvalue weighted by Gasteiger charge is 2.08. The van der Waals surface area contributed by atoms with E-state index in [2.05, 4.69) is 0 Å². The van der Waals surface area contributed by atoms with Gasteiger partial charge in [0.2, 0.25) is 0 Å². The number of hydrogen-bond acceptors (Lipinski definition) is 6. The standard InChI is InChI=1S/C16H27NO5/c1-4-7-15(19)21-13-9-14(2)22-16(20)8-11-17(3)10-5-6-12-18/h4,7-8,11,14,18H,5-6,9-10,12-13H2,1-3H3/b7-4+,11-8+. The van der Waals surface area contributed by atoms with E-state index in [-0.39, 0.29) is 19.3 Å². The molecule has 0 aromatic rings. The predicted molar refractivity (Wildman–Crippen MR) is 84.0 cm³/mol. The van der Waals surface area contributed by atoms with E-state index < -0.39 is 11.9 Å². The van der Waals surface area contributed by atoms with E-state index in [1.807, 2.05) is 11.9 Å². The second-order valence-electron chi connectivity index (χ2n) is 4.93. The largest absolute Gasteiger partial charge is 0.462 e. The first-order valence-corrected chi connectivity index (χ1v) is 7.49. The molecule has 1 N–H and O–H groups in total. The maximum absolute atomic E-state index is 11.6. The van der Waals surface area contributed by atoms with Crippen molar-refractivity contribution in [3.05, 3.63) is 24.4 Å². The predicted octanol–water partition coefficient (Wildman–Crippen LogP) is 1.65. The Morgan fingerprint density at radius 1 is 1.23 bits per heavy atom. The maximum Gasteiger partial charge on any atom is 0.332 e. The first-order valence-electron chi connectivity index (χ1n) is 7.49. The van der Waals surface area contributed by atoms with E-state index >= 15 is 0 Å². The third kappa shape index (κ3) is 12.0. The fourth-order valence-electron chi connectivity index (χ4n) is 1.54. The van der Waals surface area contributed by atoms with Gasteiger partial charge in [-0.15, -0.1) is 0 Å². The molecule has 6 heteroatoms. The van der Waals surface area contributed by atoms with Crippen LogP contribution in [0.15, 0.2) is 24.4 Å². The van der Waals surface area contributed by atoms with E-state index in [0.717, 1.165) is 19.4 Å². The number of hydrogen-bond donors (Lipinski definition) is 1. The van der Waals surface area contributed by atoms with Gasteiger partial charge in [0.25, 0.3) is 0 Å². The molecule has 0 radical (unpaired) electrons. The highest BCUT2D eigenvalue weighted by Crippen LogP contribution is 2.01. The van der Waals surface area contributed by atoms with E-state index in [1.54, 1.807) is 26.1 Å². The summed E-state index contributed by atoms with van der Waals surface area (Å²) in [5, 5.41) is 8.69. The van der Waals surface area contributed by atoms with Gasteiger partial charge in [-0.2, -0.15) is 0 Å². The van der Waals surface area contributed by atoms with Crippen molar-refractivity contribution < 1.29 is 24.2 Å². The lowest BCUT2D eigenvalue weighted by atomic mass is 10.3. The summed E-state index contributed by atoms with van der Waals surface area (Å²) < 4.78 is 10.1. The lowest BCUT2D eigenvalue weighted by Gasteiger charge is -2.14. The fraction of sp³-hybridized carbons (Fsp3) is 0.625. The van der Waals surface area contributed by atoms with Crippen molar-refractivity contribution in [3.63, 3.8) is 0 Å². The molecule has 6 nitrogen and oxygen atoms in total. The summed E-state index contributed by atoms with van der Waals surface area (Å²) in [5.74, 6) is -0.827. The van der Waals surface area contributed by atoms with Crippen LogP contribution in [-0.2, 0) is 19.1 Å². The van der Waals surface area contributed by atoms with Gasteiger partial charge in [-0.25, -0.2) is 9.59 Å². The topological polar surface area (TPSA) is 76.1 Å². The molecule has 0 amide bonds. The molecule has 1 atom stereocenters. The molecule has 0 aliphatic carbocycles. The van der Waals surface area contributed by atoms with Crippen LogP contribution >= 0.6 is 0 Å². The lowest BCUT2D eigenvalue weighted by molar-refractivity contribution is -0.144. The van der Waals surface area contributed by atoms with Gasteiger partial charge in [0.15, 0.2) is 0 Å². The zero-order chi connectivity index (χ0) is 16.8. The van der Waals surface area contributed by atoms with E-state index in [0.29, 0.717) is 6.42 Å². The van der Waals surface area contributed by atoms with Crippen LogP contribution in [0.3, 0.4) is 0 Å². The number of carbonyl (C=O) groups excluding carboxylic acids is 2. The Morgan fingerprint density at radius 2 is 1.95 bits per heavy atom. The molecule has 0 aliphatic heterocycles. The summed E-state index contributed by atoms with van der Waals surface area (Å²) >= 11 is 0. The molecule has 0 saturated heterocycles. The Hall–Kier alpha value is -1.82. The van der Waals surface area contributed by atoms with Crippen molar-refractivity contribution in [2.24, 2.45) is 0 Å². The summed E-state index contributed by atoms with van der Waals surface area (Å²) in [6.07, 6.45) is 7.69. The SMILES string of the molecule is C/C=C/C(=O)OCCC(C)OC(=O)/C=C/N(C)CCCCO. The van der Waals surface area contributed by atoms with Gasteiger partial charge < -0.3 is 19.5 Å². The number of allylic oxidation sites excluding steroid dienone is 1. The number of ether oxygens (including phenoxy) is 2. The molecule has 0 heterocycles. The van der Waals surface area contributed by atoms with Crippen LogP contribution < -0.4 is 0 Å². The highest BCUT2D eigenvalue weighted by atomic mass is 16.6. The Kier molecular flexibility index (Phi) is 11.8. The van der Waals surface area contributed by atoms with Crippen LogP contribution in [0.4, 0.5) is 0 Å². The van der Waals surface area contributed by atoms with Crippen LogP contribution in [0.2, 0.25) is 0 Å². The normalized spacial score (nSPS) is 12.5. The Balaban J connectivity index is 3.87. The Labute approximate surface area is 132 Å². The number of aliphatic hydroxyl groups excluding tert-OH is 1. The first kappa shape index (κ1) is 20.2. The average Bonchev–Trinajstić information content (AvgIpc) is 2.45. The minimum absolute atomic E-state index is 0.176. The second kappa shape index (κ2) is 12.9. The van der Waals surface area contributed by atoms with Crippen LogP contribution in [0.25, 0.3) is 0 Å². The van der Waals surface area contributed by atoms with Crippen molar-refractivity contribution in [2.75, 3.05) is 26.8 Å². The molecule has 0 aliphatic rings. The number of rotatable bonds is 11. The van der Waals surface area contributed by atoms with Crippen LogP contribution in [-0.4, -0.2) is 54.9 Å². The fourth-order valence-corrected chi connectivity index (χ4v) is 1.54. The van der Waals surface area contributed by atoms with Crippen LogP contribution in [0, 0.1) is 0 Å². The summed E-state index contributed by atoms with van der Waals surface area (Å²) in [4.78, 5) is 24.5. The van der Waals surface area contributed by atoms with Gasteiger partial charge >= 0.3 is 11.9 Å². The number of esters is 2. The van der Waals surface area contributed by atoms with Gasteiger partial charge in [-0.1, -0.05) is 6.08 Å². The summed E-state index contributed by atoms with van der Waals surface area (Å²) in [5.41, 5.74) is 0. The molecule has 0 aromatic carbocycles. The molecule has 126 valence electrons. The van der Waals surface area contributed by atoms with Crippen molar-refractivity contribution in [3.8, 4) is 0 Å². The monoisotopic (exact) mass is 313 g/mol. The third-order valence-corrected chi connectivity index (χ3v) is 2.77. The molecule has 0 fully saturated rings. The first-order chi connectivity index (χ1) is 10.5. The maximum atomic E-state index is 11.6. The Bertz CT molecular complexity index is 379. The van der Waals surface area contributed by atoms with Crippen molar-refractivity contribution in [2.45, 2.75) is 39.2 Å². The van der Waals surface area contributed by atoms with Gasteiger partial charge in [-0.3, -0.25) is 0 Å². The highest BCUT2D eigenvalue weighted by molar-refractivity contribution is 5.82. The van der Waals surface area contributed by atoms with E-state index in [9.17, 15) is 9.59 Å². The smallest absolute Gasteiger partial charge is 0.332 e. The molecule has 0 saturated carbocycles. The molecular weight excluding hydrogens is 286 g/mol. The van der Waals surface area contributed by atoms with Gasteiger partial charge in [0.1, 0.15) is 6.10 Å². The third-order valence-electron chi connectivity index (χ3n) is 2.77. The summed E-state index contributed by atoms with van der Waals surface area (Å²) in [6.45, 7) is 4.64. The average molecular weight is 313 g/mol. The number of carbonyl (C=O) groups is 2. The molecule has 0 aromatic heterocycles. The quantitative estimate of drug-likeness (QED) is 0.355. The van der Waals surface area contributed by atoms with E-state index in [1.165, 1.54) is 12.2 Å². The summed E-state index contributed by atoms with van der Waals surface area (Å²) in [6, 6.07) is 0. The zero-order valence-corrected chi connectivity index (χ0v) is 13.7. The minimum Gasteiger partial charge on any atom is -0.462 e. The number of unbranched alkanes of at least 4 members (excludes halogenated alkanes) is 1. The number of aliphatic hydroxyl groups is 1.